The molecule has 0 aliphatic carbocycles. The second-order valence-electron chi connectivity index (χ2n) is 9.30. The number of halogens is 2. The van der Waals surface area contributed by atoms with E-state index in [9.17, 15) is 23.9 Å². The number of esters is 1. The summed E-state index contributed by atoms with van der Waals surface area (Å²) in [6.07, 6.45) is -2.75. The Morgan fingerprint density at radius 1 is 0.977 bits per heavy atom. The molecule has 4 rings (SSSR count). The predicted octanol–water partition coefficient (Wildman–Crippen LogP) is 5.57. The molecule has 2 N–H and O–H groups in total. The lowest BCUT2D eigenvalue weighted by Crippen LogP contribution is -2.41. The number of amides is 1. The molecule has 4 aromatic rings. The number of ether oxygens (including phenoxy) is 3. The lowest BCUT2D eigenvalue weighted by Gasteiger charge is -2.21. The molecule has 0 aliphatic heterocycles. The van der Waals surface area contributed by atoms with Gasteiger partial charge in [-0.1, -0.05) is 65.3 Å². The van der Waals surface area contributed by atoms with Crippen LogP contribution < -0.4 is 5.32 Å². The Labute approximate surface area is 251 Å². The zero-order chi connectivity index (χ0) is 30.8. The van der Waals surface area contributed by atoms with Crippen LogP contribution in [0.5, 0.6) is 0 Å². The van der Waals surface area contributed by atoms with E-state index in [1.54, 1.807) is 19.1 Å². The summed E-state index contributed by atoms with van der Waals surface area (Å²) >= 11 is 6.11. The average molecular weight is 611 g/mol. The highest BCUT2D eigenvalue weighted by molar-refractivity contribution is 6.30. The van der Waals surface area contributed by atoms with Crippen LogP contribution in [0.15, 0.2) is 83.4 Å². The molecule has 0 unspecified atom stereocenters. The van der Waals surface area contributed by atoms with Gasteiger partial charge >= 0.3 is 12.1 Å². The number of hydrogen-bond donors (Lipinski definition) is 2. The Balaban J connectivity index is 1.47. The Morgan fingerprint density at radius 3 is 2.47 bits per heavy atom. The van der Waals surface area contributed by atoms with Crippen molar-refractivity contribution in [3.8, 4) is 22.4 Å². The van der Waals surface area contributed by atoms with Crippen LogP contribution in [-0.2, 0) is 25.4 Å². The van der Waals surface area contributed by atoms with Gasteiger partial charge in [-0.2, -0.15) is 0 Å². The van der Waals surface area contributed by atoms with E-state index in [0.29, 0.717) is 5.02 Å². The van der Waals surface area contributed by atoms with Crippen LogP contribution in [0.1, 0.15) is 29.5 Å². The number of hydrogen-bond acceptors (Lipinski definition) is 9. The second kappa shape index (κ2) is 14.9. The molecular formula is C31H28ClFN2O8. The molecule has 0 aliphatic rings. The van der Waals surface area contributed by atoms with Gasteiger partial charge in [0.05, 0.1) is 6.61 Å². The van der Waals surface area contributed by atoms with Gasteiger partial charge in [-0.05, 0) is 54.3 Å². The Morgan fingerprint density at radius 2 is 1.74 bits per heavy atom. The van der Waals surface area contributed by atoms with Gasteiger partial charge in [0, 0.05) is 29.1 Å². The van der Waals surface area contributed by atoms with E-state index in [-0.39, 0.29) is 36.5 Å². The van der Waals surface area contributed by atoms with Crippen molar-refractivity contribution in [1.82, 2.24) is 10.5 Å². The minimum absolute atomic E-state index is 0.0732. The summed E-state index contributed by atoms with van der Waals surface area (Å²) in [6, 6.07) is 21.2. The first-order valence-corrected chi connectivity index (χ1v) is 13.6. The number of rotatable bonds is 12. The fraction of sp³-hybridized carbons (Fsp3) is 0.226. The molecule has 1 heterocycles. The molecular weight excluding hydrogens is 583 g/mol. The minimum Gasteiger partial charge on any atom is -0.435 e. The highest BCUT2D eigenvalue weighted by Gasteiger charge is 2.26. The maximum absolute atomic E-state index is 14.2. The van der Waals surface area contributed by atoms with Gasteiger partial charge in [-0.3, -0.25) is 4.79 Å². The van der Waals surface area contributed by atoms with Gasteiger partial charge in [-0.15, -0.1) is 0 Å². The Hall–Kier alpha value is -4.74. The van der Waals surface area contributed by atoms with Crippen molar-refractivity contribution in [1.29, 1.82) is 0 Å². The van der Waals surface area contributed by atoms with E-state index < -0.39 is 42.8 Å². The monoisotopic (exact) mass is 610 g/mol. The molecule has 3 aromatic carbocycles. The number of aliphatic hydroxyl groups is 1. The molecule has 224 valence electrons. The number of aromatic nitrogens is 1. The summed E-state index contributed by atoms with van der Waals surface area (Å²) in [4.78, 5) is 36.7. The van der Waals surface area contributed by atoms with Gasteiger partial charge in [0.1, 0.15) is 11.5 Å². The molecule has 0 bridgehead atoms. The largest absolute Gasteiger partial charge is 0.511 e. The molecule has 10 nitrogen and oxygen atoms in total. The number of aliphatic hydroxyl groups excluding tert-OH is 1. The fourth-order valence-corrected chi connectivity index (χ4v) is 4.36. The first kappa shape index (κ1) is 31.2. The zero-order valence-electron chi connectivity index (χ0n) is 23.0. The molecule has 1 aromatic heterocycles. The topological polar surface area (TPSA) is 137 Å². The maximum Gasteiger partial charge on any atom is 0.511 e. The van der Waals surface area contributed by atoms with Crippen LogP contribution in [0.25, 0.3) is 22.4 Å². The lowest BCUT2D eigenvalue weighted by molar-refractivity contribution is -0.163. The lowest BCUT2D eigenvalue weighted by atomic mass is 9.97. The van der Waals surface area contributed by atoms with Crippen LogP contribution in [0.3, 0.4) is 0 Å². The van der Waals surface area contributed by atoms with Crippen molar-refractivity contribution < 1.29 is 42.6 Å². The quantitative estimate of drug-likeness (QED) is 0.156. The Bertz CT molecular complexity index is 1560. The SMILES string of the molecule is CCOC(=O)OCOC(=O)[C@H](O)C[C@@H](Cc1ccc(-c2cccc(Cl)c2)cc1)NC(=O)c1cc(-c2ccccc2F)no1. The van der Waals surface area contributed by atoms with E-state index in [0.717, 1.165) is 16.7 Å². The van der Waals surface area contributed by atoms with Gasteiger partial charge in [0.15, 0.2) is 6.10 Å². The highest BCUT2D eigenvalue weighted by Crippen LogP contribution is 2.25. The average Bonchev–Trinajstić information content (AvgIpc) is 3.48. The number of carbonyl (C=O) groups is 3. The Kier molecular flexibility index (Phi) is 10.8. The van der Waals surface area contributed by atoms with E-state index >= 15 is 0 Å². The summed E-state index contributed by atoms with van der Waals surface area (Å²) in [6.45, 7) is 0.896. The van der Waals surface area contributed by atoms with E-state index in [1.165, 1.54) is 24.3 Å². The fourth-order valence-electron chi connectivity index (χ4n) is 4.17. The van der Waals surface area contributed by atoms with Crippen LogP contribution in [0.4, 0.5) is 9.18 Å². The van der Waals surface area contributed by atoms with Crippen LogP contribution >= 0.6 is 11.6 Å². The molecule has 2 atom stereocenters. The zero-order valence-corrected chi connectivity index (χ0v) is 23.8. The maximum atomic E-state index is 14.2. The summed E-state index contributed by atoms with van der Waals surface area (Å²) in [5, 5.41) is 17.7. The van der Waals surface area contributed by atoms with E-state index in [1.807, 2.05) is 42.5 Å². The normalized spacial score (nSPS) is 12.2. The highest BCUT2D eigenvalue weighted by atomic mass is 35.5. The third-order valence-electron chi connectivity index (χ3n) is 6.23. The minimum atomic E-state index is -1.68. The number of nitrogens with one attached hydrogen (secondary N) is 1. The first-order chi connectivity index (χ1) is 20.7. The summed E-state index contributed by atoms with van der Waals surface area (Å²) in [5.74, 6) is -2.49. The molecule has 0 radical (unpaired) electrons. The van der Waals surface area contributed by atoms with Gasteiger partial charge in [0.2, 0.25) is 12.6 Å². The van der Waals surface area contributed by atoms with E-state index in [2.05, 4.69) is 19.9 Å². The summed E-state index contributed by atoms with van der Waals surface area (Å²) in [5.41, 5.74) is 2.90. The molecule has 0 fully saturated rings. The number of nitrogens with zero attached hydrogens (tertiary/aromatic N) is 1. The molecule has 12 heteroatoms. The van der Waals surface area contributed by atoms with Crippen LogP contribution in [-0.4, -0.2) is 53.8 Å². The van der Waals surface area contributed by atoms with Crippen molar-refractivity contribution in [3.63, 3.8) is 0 Å². The molecule has 0 saturated heterocycles. The van der Waals surface area contributed by atoms with Crippen LogP contribution in [0, 0.1) is 5.82 Å². The molecule has 0 saturated carbocycles. The first-order valence-electron chi connectivity index (χ1n) is 13.2. The number of benzene rings is 3. The predicted molar refractivity (Wildman–Crippen MR) is 153 cm³/mol. The van der Waals surface area contributed by atoms with Crippen molar-refractivity contribution in [2.45, 2.75) is 31.9 Å². The second-order valence-corrected chi connectivity index (χ2v) is 9.73. The third kappa shape index (κ3) is 8.87. The van der Waals surface area contributed by atoms with E-state index in [4.69, 9.17) is 20.9 Å². The van der Waals surface area contributed by atoms with Crippen molar-refractivity contribution >= 4 is 29.6 Å². The van der Waals surface area contributed by atoms with Gasteiger partial charge in [0.25, 0.3) is 5.91 Å². The van der Waals surface area contributed by atoms with Crippen molar-refractivity contribution in [2.75, 3.05) is 13.4 Å². The summed E-state index contributed by atoms with van der Waals surface area (Å²) in [7, 11) is 0. The smallest absolute Gasteiger partial charge is 0.435 e. The third-order valence-corrected chi connectivity index (χ3v) is 6.47. The molecule has 0 spiro atoms. The number of carbonyl (C=O) groups excluding carboxylic acids is 3. The summed E-state index contributed by atoms with van der Waals surface area (Å²) < 4.78 is 33.3. The van der Waals surface area contributed by atoms with Crippen molar-refractivity contribution in [2.24, 2.45) is 0 Å². The van der Waals surface area contributed by atoms with Crippen molar-refractivity contribution in [3.05, 3.63) is 101 Å². The standard InChI is InChI=1S/C31H28ClFN2O8/c1-2-40-31(39)42-18-41-30(38)27(36)16-23(14-19-10-12-20(13-11-19)21-6-5-7-22(32)15-21)34-29(37)28-17-26(35-43-28)24-8-3-4-9-25(24)33/h3-13,15,17,23,27,36H,2,14,16,18H2,1H3,(H,34,37)/t23-,27-/m1/s1. The van der Waals surface area contributed by atoms with Gasteiger partial charge < -0.3 is 29.2 Å². The van der Waals surface area contributed by atoms with Gasteiger partial charge in [-0.25, -0.2) is 14.0 Å². The molecule has 43 heavy (non-hydrogen) atoms. The van der Waals surface area contributed by atoms with Crippen LogP contribution in [0.2, 0.25) is 5.02 Å². The molecule has 1 amide bonds.